The predicted octanol–water partition coefficient (Wildman–Crippen LogP) is 2.61. The highest BCUT2D eigenvalue weighted by molar-refractivity contribution is 5.23. The fourth-order valence-corrected chi connectivity index (χ4v) is 3.14. The molecular formula is C17H24N4O. The number of piperidine rings is 1. The second-order valence-electron chi connectivity index (χ2n) is 6.11. The van der Waals surface area contributed by atoms with Crippen LogP contribution in [0.15, 0.2) is 34.7 Å². The summed E-state index contributed by atoms with van der Waals surface area (Å²) in [7, 11) is 2.19. The zero-order chi connectivity index (χ0) is 15.4. The standard InChI is InChI=1S/C17H24N4O/c1-3-16-19-20-17(22-16)18-15-9-10-21(2)12-14(15)11-13-7-5-4-6-8-13/h4-8,14-15H,3,9-12H2,1-2H3,(H,18,20)/t14-,15+/m1/s1. The Morgan fingerprint density at radius 2 is 2.09 bits per heavy atom. The van der Waals surface area contributed by atoms with E-state index in [4.69, 9.17) is 4.42 Å². The minimum atomic E-state index is 0.376. The Kier molecular flexibility index (Phi) is 4.73. The van der Waals surface area contributed by atoms with Gasteiger partial charge < -0.3 is 14.6 Å². The molecule has 0 spiro atoms. The van der Waals surface area contributed by atoms with Crippen molar-refractivity contribution in [1.29, 1.82) is 0 Å². The molecule has 0 aliphatic carbocycles. The molecule has 0 unspecified atom stereocenters. The van der Waals surface area contributed by atoms with Crippen molar-refractivity contribution >= 4 is 6.01 Å². The number of hydrogen-bond acceptors (Lipinski definition) is 5. The summed E-state index contributed by atoms with van der Waals surface area (Å²) < 4.78 is 5.61. The highest BCUT2D eigenvalue weighted by atomic mass is 16.4. The molecule has 1 aliphatic heterocycles. The number of nitrogens with zero attached hydrogens (tertiary/aromatic N) is 3. The minimum absolute atomic E-state index is 0.376. The molecule has 0 radical (unpaired) electrons. The normalized spacial score (nSPS) is 22.6. The second-order valence-corrected chi connectivity index (χ2v) is 6.11. The third-order valence-corrected chi connectivity index (χ3v) is 4.36. The molecule has 1 N–H and O–H groups in total. The molecule has 0 saturated carbocycles. The molecule has 5 nitrogen and oxygen atoms in total. The van der Waals surface area contributed by atoms with Crippen molar-refractivity contribution in [3.63, 3.8) is 0 Å². The van der Waals surface area contributed by atoms with Gasteiger partial charge in [0.2, 0.25) is 5.89 Å². The van der Waals surface area contributed by atoms with Gasteiger partial charge >= 0.3 is 6.01 Å². The number of aryl methyl sites for hydroxylation is 1. The van der Waals surface area contributed by atoms with Gasteiger partial charge in [0.1, 0.15) is 0 Å². The average Bonchev–Trinajstić information content (AvgIpc) is 2.99. The summed E-state index contributed by atoms with van der Waals surface area (Å²) in [6, 6.07) is 11.6. The van der Waals surface area contributed by atoms with E-state index < -0.39 is 0 Å². The first-order valence-corrected chi connectivity index (χ1v) is 8.06. The maximum absolute atomic E-state index is 5.61. The van der Waals surface area contributed by atoms with Crippen LogP contribution in [0.3, 0.4) is 0 Å². The van der Waals surface area contributed by atoms with Crippen LogP contribution in [-0.4, -0.2) is 41.3 Å². The van der Waals surface area contributed by atoms with Gasteiger partial charge in [-0.15, -0.1) is 5.10 Å². The van der Waals surface area contributed by atoms with Crippen LogP contribution in [0.2, 0.25) is 0 Å². The molecule has 5 heteroatoms. The van der Waals surface area contributed by atoms with Crippen LogP contribution in [0.25, 0.3) is 0 Å². The van der Waals surface area contributed by atoms with Crippen LogP contribution in [0.1, 0.15) is 24.8 Å². The van der Waals surface area contributed by atoms with Crippen LogP contribution in [0, 0.1) is 5.92 Å². The SMILES string of the molecule is CCc1nnc(N[C@H]2CCN(C)C[C@H]2Cc2ccccc2)o1. The van der Waals surface area contributed by atoms with Gasteiger partial charge in [0.05, 0.1) is 0 Å². The molecule has 22 heavy (non-hydrogen) atoms. The van der Waals surface area contributed by atoms with Crippen molar-refractivity contribution in [2.45, 2.75) is 32.2 Å². The van der Waals surface area contributed by atoms with E-state index in [1.165, 1.54) is 5.56 Å². The van der Waals surface area contributed by atoms with Crippen molar-refractivity contribution in [3.8, 4) is 0 Å². The number of anilines is 1. The smallest absolute Gasteiger partial charge is 0.315 e. The summed E-state index contributed by atoms with van der Waals surface area (Å²) in [5.41, 5.74) is 1.38. The Labute approximate surface area is 131 Å². The third-order valence-electron chi connectivity index (χ3n) is 4.36. The molecule has 2 atom stereocenters. The third kappa shape index (κ3) is 3.65. The molecule has 1 aliphatic rings. The maximum atomic E-state index is 5.61. The van der Waals surface area contributed by atoms with E-state index >= 15 is 0 Å². The Morgan fingerprint density at radius 1 is 1.27 bits per heavy atom. The second kappa shape index (κ2) is 6.92. The van der Waals surface area contributed by atoms with Crippen molar-refractivity contribution in [2.24, 2.45) is 5.92 Å². The van der Waals surface area contributed by atoms with E-state index in [1.807, 2.05) is 6.92 Å². The fraction of sp³-hybridized carbons (Fsp3) is 0.529. The van der Waals surface area contributed by atoms with E-state index in [-0.39, 0.29) is 0 Å². The van der Waals surface area contributed by atoms with Crippen LogP contribution < -0.4 is 5.32 Å². The quantitative estimate of drug-likeness (QED) is 0.920. The van der Waals surface area contributed by atoms with E-state index in [9.17, 15) is 0 Å². The van der Waals surface area contributed by atoms with Crippen molar-refractivity contribution in [3.05, 3.63) is 41.8 Å². The fourth-order valence-electron chi connectivity index (χ4n) is 3.14. The molecule has 0 bridgehead atoms. The number of nitrogens with one attached hydrogen (secondary N) is 1. The lowest BCUT2D eigenvalue weighted by Crippen LogP contribution is -2.45. The zero-order valence-electron chi connectivity index (χ0n) is 13.3. The topological polar surface area (TPSA) is 54.2 Å². The molecule has 1 fully saturated rings. The molecule has 118 valence electrons. The Balaban J connectivity index is 1.69. The summed E-state index contributed by atoms with van der Waals surface area (Å²) >= 11 is 0. The summed E-state index contributed by atoms with van der Waals surface area (Å²) in [6.07, 6.45) is 2.94. The van der Waals surface area contributed by atoms with Gasteiger partial charge in [-0.2, -0.15) is 0 Å². The van der Waals surface area contributed by atoms with Crippen LogP contribution in [0.4, 0.5) is 6.01 Å². The summed E-state index contributed by atoms with van der Waals surface area (Å²) in [5.74, 6) is 1.23. The lowest BCUT2D eigenvalue weighted by atomic mass is 9.87. The minimum Gasteiger partial charge on any atom is -0.408 e. The molecule has 1 saturated heterocycles. The molecule has 2 aromatic rings. The van der Waals surface area contributed by atoms with Gasteiger partial charge in [0.15, 0.2) is 0 Å². The maximum Gasteiger partial charge on any atom is 0.315 e. The van der Waals surface area contributed by atoms with Crippen molar-refractivity contribution in [1.82, 2.24) is 15.1 Å². The Morgan fingerprint density at radius 3 is 2.82 bits per heavy atom. The van der Waals surface area contributed by atoms with E-state index in [0.717, 1.165) is 32.4 Å². The van der Waals surface area contributed by atoms with Crippen molar-refractivity contribution in [2.75, 3.05) is 25.5 Å². The summed E-state index contributed by atoms with van der Waals surface area (Å²) in [6.45, 7) is 4.20. The summed E-state index contributed by atoms with van der Waals surface area (Å²) in [4.78, 5) is 2.40. The van der Waals surface area contributed by atoms with Crippen LogP contribution in [-0.2, 0) is 12.8 Å². The van der Waals surface area contributed by atoms with Crippen LogP contribution >= 0.6 is 0 Å². The molecule has 1 aromatic carbocycles. The van der Waals surface area contributed by atoms with E-state index in [1.54, 1.807) is 0 Å². The number of benzene rings is 1. The van der Waals surface area contributed by atoms with E-state index in [2.05, 4.69) is 57.8 Å². The zero-order valence-corrected chi connectivity index (χ0v) is 13.3. The number of hydrogen-bond donors (Lipinski definition) is 1. The van der Waals surface area contributed by atoms with Gasteiger partial charge in [-0.3, -0.25) is 0 Å². The first-order chi connectivity index (χ1) is 10.7. The molecule has 1 aromatic heterocycles. The van der Waals surface area contributed by atoms with E-state index in [0.29, 0.717) is 23.9 Å². The lowest BCUT2D eigenvalue weighted by Gasteiger charge is -2.37. The highest BCUT2D eigenvalue weighted by Crippen LogP contribution is 2.24. The highest BCUT2D eigenvalue weighted by Gasteiger charge is 2.29. The van der Waals surface area contributed by atoms with Crippen LogP contribution in [0.5, 0.6) is 0 Å². The first-order valence-electron chi connectivity index (χ1n) is 8.06. The average molecular weight is 300 g/mol. The number of aromatic nitrogens is 2. The van der Waals surface area contributed by atoms with Gasteiger partial charge in [-0.25, -0.2) is 0 Å². The number of likely N-dealkylation sites (tertiary alicyclic amines) is 1. The first kappa shape index (κ1) is 15.0. The van der Waals surface area contributed by atoms with Crippen molar-refractivity contribution < 1.29 is 4.42 Å². The molecule has 3 rings (SSSR count). The molecule has 0 amide bonds. The van der Waals surface area contributed by atoms with Gasteiger partial charge in [0, 0.05) is 19.0 Å². The lowest BCUT2D eigenvalue weighted by molar-refractivity contribution is 0.192. The predicted molar refractivity (Wildman–Crippen MR) is 86.8 cm³/mol. The van der Waals surface area contributed by atoms with Gasteiger partial charge in [-0.1, -0.05) is 42.4 Å². The Hall–Kier alpha value is -1.88. The molecule has 2 heterocycles. The number of rotatable bonds is 5. The van der Waals surface area contributed by atoms with Gasteiger partial charge in [0.25, 0.3) is 0 Å². The van der Waals surface area contributed by atoms with Gasteiger partial charge in [-0.05, 0) is 37.9 Å². The Bertz CT molecular complexity index is 583. The largest absolute Gasteiger partial charge is 0.408 e. The summed E-state index contributed by atoms with van der Waals surface area (Å²) in [5, 5.41) is 11.6. The molecular weight excluding hydrogens is 276 g/mol. The monoisotopic (exact) mass is 300 g/mol.